The molecule has 0 amide bonds. The van der Waals surface area contributed by atoms with Crippen molar-refractivity contribution < 1.29 is 9.47 Å². The van der Waals surface area contributed by atoms with E-state index in [1.807, 2.05) is 24.3 Å². The van der Waals surface area contributed by atoms with E-state index in [-0.39, 0.29) is 5.41 Å². The molecule has 1 saturated heterocycles. The van der Waals surface area contributed by atoms with Gasteiger partial charge in [-0.15, -0.1) is 0 Å². The lowest BCUT2D eigenvalue weighted by atomic mass is 9.80. The first-order valence-corrected chi connectivity index (χ1v) is 7.27. The lowest BCUT2D eigenvalue weighted by Crippen LogP contribution is -2.53. The average Bonchev–Trinajstić information content (AvgIpc) is 2.43. The molecule has 1 heterocycles. The van der Waals surface area contributed by atoms with Gasteiger partial charge in [-0.25, -0.2) is 0 Å². The molecule has 0 aliphatic carbocycles. The number of rotatable bonds is 5. The zero-order chi connectivity index (χ0) is 14.6. The van der Waals surface area contributed by atoms with Crippen LogP contribution in [0, 0.1) is 5.41 Å². The Balaban J connectivity index is 1.81. The standard InChI is InChI=1S/C16H26N2O2/c1-16(2)12-18(9-8-15(16)17)10-11-20-14-7-5-4-6-13(14)19-3/h4-7,15H,8-12,17H2,1-3H3. The van der Waals surface area contributed by atoms with Crippen molar-refractivity contribution in [2.24, 2.45) is 11.1 Å². The molecule has 0 aromatic heterocycles. The molecule has 1 unspecified atom stereocenters. The highest BCUT2D eigenvalue weighted by molar-refractivity contribution is 5.39. The van der Waals surface area contributed by atoms with Gasteiger partial charge in [0.15, 0.2) is 11.5 Å². The summed E-state index contributed by atoms with van der Waals surface area (Å²) in [5, 5.41) is 0. The molecule has 0 saturated carbocycles. The second-order valence-electron chi connectivity index (χ2n) is 6.16. The van der Waals surface area contributed by atoms with Gasteiger partial charge in [-0.05, 0) is 30.5 Å². The first-order chi connectivity index (χ1) is 9.53. The smallest absolute Gasteiger partial charge is 0.161 e. The monoisotopic (exact) mass is 278 g/mol. The molecule has 2 N–H and O–H groups in total. The summed E-state index contributed by atoms with van der Waals surface area (Å²) in [6.45, 7) is 8.17. The van der Waals surface area contributed by atoms with E-state index in [0.717, 1.165) is 37.6 Å². The van der Waals surface area contributed by atoms with Gasteiger partial charge >= 0.3 is 0 Å². The van der Waals surface area contributed by atoms with Crippen LogP contribution in [0.4, 0.5) is 0 Å². The Kier molecular flexibility index (Phi) is 4.89. The molecule has 112 valence electrons. The van der Waals surface area contributed by atoms with Crippen LogP contribution in [0.2, 0.25) is 0 Å². The first kappa shape index (κ1) is 15.1. The van der Waals surface area contributed by atoms with Gasteiger partial charge in [0, 0.05) is 19.1 Å². The summed E-state index contributed by atoms with van der Waals surface area (Å²) in [5.74, 6) is 1.59. The third-order valence-corrected chi connectivity index (χ3v) is 4.13. The van der Waals surface area contributed by atoms with Gasteiger partial charge in [0.1, 0.15) is 6.61 Å². The fraction of sp³-hybridized carbons (Fsp3) is 0.625. The number of likely N-dealkylation sites (tertiary alicyclic amines) is 1. The molecule has 0 bridgehead atoms. The molecule has 1 aromatic carbocycles. The van der Waals surface area contributed by atoms with Gasteiger partial charge in [0.2, 0.25) is 0 Å². The Morgan fingerprint density at radius 3 is 2.65 bits per heavy atom. The number of para-hydroxylation sites is 2. The number of methoxy groups -OCH3 is 1. The quantitative estimate of drug-likeness (QED) is 0.896. The van der Waals surface area contributed by atoms with E-state index in [4.69, 9.17) is 15.2 Å². The minimum atomic E-state index is 0.183. The van der Waals surface area contributed by atoms with Crippen molar-refractivity contribution in [3.8, 4) is 11.5 Å². The Morgan fingerprint density at radius 2 is 2.00 bits per heavy atom. The predicted octanol–water partition coefficient (Wildman–Crippen LogP) is 2.13. The number of nitrogens with two attached hydrogens (primary N) is 1. The maximum Gasteiger partial charge on any atom is 0.161 e. The Hall–Kier alpha value is -1.26. The van der Waals surface area contributed by atoms with E-state index in [0.29, 0.717) is 12.6 Å². The summed E-state index contributed by atoms with van der Waals surface area (Å²) in [4.78, 5) is 2.43. The summed E-state index contributed by atoms with van der Waals surface area (Å²) >= 11 is 0. The van der Waals surface area contributed by atoms with Crippen LogP contribution >= 0.6 is 0 Å². The molecule has 20 heavy (non-hydrogen) atoms. The normalized spacial score (nSPS) is 22.5. The van der Waals surface area contributed by atoms with Crippen LogP contribution in [0.3, 0.4) is 0 Å². The van der Waals surface area contributed by atoms with Gasteiger partial charge in [0.25, 0.3) is 0 Å². The molecule has 1 aliphatic rings. The zero-order valence-corrected chi connectivity index (χ0v) is 12.8. The molecule has 0 spiro atoms. The molecule has 4 heteroatoms. The van der Waals surface area contributed by atoms with Crippen molar-refractivity contribution >= 4 is 0 Å². The molecule has 1 atom stereocenters. The summed E-state index contributed by atoms with van der Waals surface area (Å²) in [6, 6.07) is 8.06. The van der Waals surface area contributed by atoms with Crippen LogP contribution in [0.15, 0.2) is 24.3 Å². The maximum absolute atomic E-state index is 6.16. The average molecular weight is 278 g/mol. The minimum Gasteiger partial charge on any atom is -0.493 e. The fourth-order valence-corrected chi connectivity index (χ4v) is 2.70. The van der Waals surface area contributed by atoms with Crippen molar-refractivity contribution in [2.75, 3.05) is 33.4 Å². The van der Waals surface area contributed by atoms with Crippen LogP contribution in [0.25, 0.3) is 0 Å². The number of piperidine rings is 1. The highest BCUT2D eigenvalue weighted by Crippen LogP contribution is 2.28. The summed E-state index contributed by atoms with van der Waals surface area (Å²) in [5.41, 5.74) is 6.34. The molecule has 4 nitrogen and oxygen atoms in total. The van der Waals surface area contributed by atoms with E-state index < -0.39 is 0 Å². The molecule has 1 aromatic rings. The van der Waals surface area contributed by atoms with Crippen molar-refractivity contribution in [3.05, 3.63) is 24.3 Å². The van der Waals surface area contributed by atoms with E-state index >= 15 is 0 Å². The Labute approximate surface area is 121 Å². The van der Waals surface area contributed by atoms with Gasteiger partial charge in [-0.1, -0.05) is 26.0 Å². The summed E-state index contributed by atoms with van der Waals surface area (Å²) in [6.07, 6.45) is 1.06. The minimum absolute atomic E-state index is 0.183. The molecular formula is C16H26N2O2. The predicted molar refractivity (Wildman–Crippen MR) is 81.3 cm³/mol. The molecule has 2 rings (SSSR count). The number of nitrogens with zero attached hydrogens (tertiary/aromatic N) is 1. The number of hydrogen-bond acceptors (Lipinski definition) is 4. The lowest BCUT2D eigenvalue weighted by Gasteiger charge is -2.42. The molecule has 0 radical (unpaired) electrons. The first-order valence-electron chi connectivity index (χ1n) is 7.27. The van der Waals surface area contributed by atoms with Crippen molar-refractivity contribution in [2.45, 2.75) is 26.3 Å². The third-order valence-electron chi connectivity index (χ3n) is 4.13. The molecular weight excluding hydrogens is 252 g/mol. The second kappa shape index (κ2) is 6.46. The van der Waals surface area contributed by atoms with E-state index in [9.17, 15) is 0 Å². The SMILES string of the molecule is COc1ccccc1OCCN1CCC(N)C(C)(C)C1. The van der Waals surface area contributed by atoms with Gasteiger partial charge < -0.3 is 15.2 Å². The van der Waals surface area contributed by atoms with Crippen LogP contribution in [-0.4, -0.2) is 44.3 Å². The van der Waals surface area contributed by atoms with E-state index in [2.05, 4.69) is 18.7 Å². The number of ether oxygens (including phenoxy) is 2. The Morgan fingerprint density at radius 1 is 1.30 bits per heavy atom. The van der Waals surface area contributed by atoms with Crippen LogP contribution < -0.4 is 15.2 Å². The van der Waals surface area contributed by atoms with Crippen LogP contribution in [0.1, 0.15) is 20.3 Å². The second-order valence-corrected chi connectivity index (χ2v) is 6.16. The molecule has 1 aliphatic heterocycles. The van der Waals surface area contributed by atoms with Crippen molar-refractivity contribution in [1.82, 2.24) is 4.90 Å². The highest BCUT2D eigenvalue weighted by Gasteiger charge is 2.33. The van der Waals surface area contributed by atoms with Crippen LogP contribution in [-0.2, 0) is 0 Å². The summed E-state index contributed by atoms with van der Waals surface area (Å²) in [7, 11) is 1.66. The van der Waals surface area contributed by atoms with Crippen LogP contribution in [0.5, 0.6) is 11.5 Å². The fourth-order valence-electron chi connectivity index (χ4n) is 2.70. The maximum atomic E-state index is 6.16. The number of benzene rings is 1. The molecule has 1 fully saturated rings. The van der Waals surface area contributed by atoms with Gasteiger partial charge in [0.05, 0.1) is 7.11 Å². The highest BCUT2D eigenvalue weighted by atomic mass is 16.5. The topological polar surface area (TPSA) is 47.7 Å². The summed E-state index contributed by atoms with van der Waals surface area (Å²) < 4.78 is 11.1. The zero-order valence-electron chi connectivity index (χ0n) is 12.8. The van der Waals surface area contributed by atoms with Crippen molar-refractivity contribution in [3.63, 3.8) is 0 Å². The largest absolute Gasteiger partial charge is 0.493 e. The number of hydrogen-bond donors (Lipinski definition) is 1. The third kappa shape index (κ3) is 3.64. The van der Waals surface area contributed by atoms with Gasteiger partial charge in [-0.2, -0.15) is 0 Å². The Bertz CT molecular complexity index is 434. The van der Waals surface area contributed by atoms with Crippen molar-refractivity contribution in [1.29, 1.82) is 0 Å². The lowest BCUT2D eigenvalue weighted by molar-refractivity contribution is 0.0827. The van der Waals surface area contributed by atoms with Gasteiger partial charge in [-0.3, -0.25) is 4.90 Å². The van der Waals surface area contributed by atoms with E-state index in [1.165, 1.54) is 0 Å². The van der Waals surface area contributed by atoms with E-state index in [1.54, 1.807) is 7.11 Å².